The molecule has 25 heavy (non-hydrogen) atoms. The fourth-order valence-electron chi connectivity index (χ4n) is 2.50. The van der Waals surface area contributed by atoms with E-state index in [4.69, 9.17) is 5.73 Å². The zero-order chi connectivity index (χ0) is 18.6. The maximum atomic E-state index is 12.2. The topological polar surface area (TPSA) is 89.3 Å². The number of amides is 1. The molecular formula is C19H24N2O3S. The van der Waals surface area contributed by atoms with Gasteiger partial charge in [-0.05, 0) is 42.2 Å². The van der Waals surface area contributed by atoms with Gasteiger partial charge < -0.3 is 11.1 Å². The van der Waals surface area contributed by atoms with Crippen LogP contribution in [0.3, 0.4) is 0 Å². The van der Waals surface area contributed by atoms with Crippen molar-refractivity contribution in [1.29, 1.82) is 0 Å². The van der Waals surface area contributed by atoms with E-state index in [2.05, 4.69) is 12.2 Å². The molecule has 3 N–H and O–H groups in total. The molecule has 0 spiro atoms. The average Bonchev–Trinajstić information content (AvgIpc) is 2.59. The Morgan fingerprint density at radius 3 is 2.28 bits per heavy atom. The molecule has 0 saturated heterocycles. The third-order valence-corrected chi connectivity index (χ3v) is 5.15. The Balaban J connectivity index is 2.48. The third kappa shape index (κ3) is 4.90. The number of sulfone groups is 1. The lowest BCUT2D eigenvalue weighted by Gasteiger charge is -2.22. The zero-order valence-electron chi connectivity index (χ0n) is 14.7. The first kappa shape index (κ1) is 19.1. The molecule has 0 radical (unpaired) electrons. The van der Waals surface area contributed by atoms with Crippen LogP contribution in [0.2, 0.25) is 0 Å². The van der Waals surface area contributed by atoms with Gasteiger partial charge >= 0.3 is 0 Å². The smallest absolute Gasteiger partial charge is 0.237 e. The van der Waals surface area contributed by atoms with Gasteiger partial charge in [-0.15, -0.1) is 0 Å². The summed E-state index contributed by atoms with van der Waals surface area (Å²) in [5, 5.41) is 2.91. The third-order valence-electron chi connectivity index (χ3n) is 4.04. The summed E-state index contributed by atoms with van der Waals surface area (Å²) in [6.45, 7) is 3.68. The number of aryl methyl sites for hydroxylation is 1. The van der Waals surface area contributed by atoms with Crippen LogP contribution >= 0.6 is 0 Å². The number of carbonyl (C=O) groups is 1. The van der Waals surface area contributed by atoms with Gasteiger partial charge in [0.1, 0.15) is 0 Å². The Kier molecular flexibility index (Phi) is 5.98. The highest BCUT2D eigenvalue weighted by Crippen LogP contribution is 2.25. The van der Waals surface area contributed by atoms with Crippen molar-refractivity contribution in [2.45, 2.75) is 37.2 Å². The Morgan fingerprint density at radius 1 is 1.12 bits per heavy atom. The zero-order valence-corrected chi connectivity index (χ0v) is 15.5. The van der Waals surface area contributed by atoms with Crippen molar-refractivity contribution in [1.82, 2.24) is 5.32 Å². The van der Waals surface area contributed by atoms with Gasteiger partial charge in [-0.3, -0.25) is 4.79 Å². The molecule has 0 saturated carbocycles. The summed E-state index contributed by atoms with van der Waals surface area (Å²) in [6, 6.07) is 13.4. The van der Waals surface area contributed by atoms with Gasteiger partial charge in [0.15, 0.2) is 9.84 Å². The quantitative estimate of drug-likeness (QED) is 0.826. The molecule has 0 aliphatic rings. The first-order chi connectivity index (χ1) is 11.7. The molecule has 0 fully saturated rings. The van der Waals surface area contributed by atoms with E-state index in [1.54, 1.807) is 31.2 Å². The summed E-state index contributed by atoms with van der Waals surface area (Å²) in [4.78, 5) is 12.4. The van der Waals surface area contributed by atoms with Crippen molar-refractivity contribution in [2.24, 2.45) is 5.73 Å². The highest BCUT2D eigenvalue weighted by atomic mass is 32.2. The molecule has 0 bridgehead atoms. The molecule has 0 heterocycles. The number of nitrogens with one attached hydrogen (secondary N) is 1. The Morgan fingerprint density at radius 2 is 1.76 bits per heavy atom. The van der Waals surface area contributed by atoms with Crippen LogP contribution in [-0.2, 0) is 21.1 Å². The first-order valence-corrected chi connectivity index (χ1v) is 10.1. The summed E-state index contributed by atoms with van der Waals surface area (Å²) in [7, 11) is -3.33. The Labute approximate surface area is 149 Å². The maximum Gasteiger partial charge on any atom is 0.237 e. The largest absolute Gasteiger partial charge is 0.344 e. The highest BCUT2D eigenvalue weighted by Gasteiger charge is 2.20. The number of rotatable bonds is 6. The van der Waals surface area contributed by atoms with Crippen molar-refractivity contribution in [3.05, 3.63) is 65.2 Å². The molecule has 2 aromatic rings. The van der Waals surface area contributed by atoms with E-state index in [1.807, 2.05) is 24.3 Å². The van der Waals surface area contributed by atoms with Gasteiger partial charge in [-0.25, -0.2) is 8.42 Å². The fourth-order valence-corrected chi connectivity index (χ4v) is 3.18. The monoisotopic (exact) mass is 360 g/mol. The molecule has 2 atom stereocenters. The molecule has 1 amide bonds. The van der Waals surface area contributed by atoms with E-state index in [-0.39, 0.29) is 10.8 Å². The minimum absolute atomic E-state index is 0.218. The van der Waals surface area contributed by atoms with Crippen LogP contribution in [0.4, 0.5) is 0 Å². The van der Waals surface area contributed by atoms with Gasteiger partial charge in [0, 0.05) is 6.26 Å². The van der Waals surface area contributed by atoms with Crippen molar-refractivity contribution in [3.63, 3.8) is 0 Å². The van der Waals surface area contributed by atoms with Crippen molar-refractivity contribution >= 4 is 15.7 Å². The number of hydrogen-bond donors (Lipinski definition) is 2. The van der Waals surface area contributed by atoms with E-state index in [0.29, 0.717) is 5.56 Å². The van der Waals surface area contributed by atoms with Crippen LogP contribution in [0.1, 0.15) is 36.6 Å². The predicted molar refractivity (Wildman–Crippen MR) is 99.0 cm³/mol. The molecule has 2 aromatic carbocycles. The molecule has 6 heteroatoms. The van der Waals surface area contributed by atoms with E-state index < -0.39 is 21.9 Å². The van der Waals surface area contributed by atoms with Crippen LogP contribution in [0.15, 0.2) is 53.4 Å². The number of carbonyl (C=O) groups excluding carboxylic acids is 1. The molecular weight excluding hydrogens is 336 g/mol. The van der Waals surface area contributed by atoms with Crippen molar-refractivity contribution in [3.8, 4) is 0 Å². The minimum Gasteiger partial charge on any atom is -0.344 e. The van der Waals surface area contributed by atoms with Gasteiger partial charge in [0.25, 0.3) is 0 Å². The van der Waals surface area contributed by atoms with E-state index in [9.17, 15) is 13.2 Å². The minimum atomic E-state index is -3.33. The van der Waals surface area contributed by atoms with Crippen molar-refractivity contribution < 1.29 is 13.2 Å². The second-order valence-corrected chi connectivity index (χ2v) is 8.19. The van der Waals surface area contributed by atoms with Gasteiger partial charge in [0.05, 0.1) is 17.0 Å². The van der Waals surface area contributed by atoms with E-state index in [1.165, 1.54) is 5.56 Å². The van der Waals surface area contributed by atoms with Crippen LogP contribution < -0.4 is 11.1 Å². The molecule has 1 unspecified atom stereocenters. The summed E-state index contributed by atoms with van der Waals surface area (Å²) in [5.74, 6) is -0.297. The maximum absolute atomic E-state index is 12.2. The molecule has 5 nitrogen and oxygen atoms in total. The Hall–Kier alpha value is -2.18. The lowest BCUT2D eigenvalue weighted by atomic mass is 9.97. The molecule has 0 aromatic heterocycles. The SMILES string of the molecule is CCc1ccc(C(NC(=O)[C@@H](C)N)c2cccc(S(C)(=O)=O)c2)cc1. The second kappa shape index (κ2) is 7.80. The predicted octanol–water partition coefficient (Wildman–Crippen LogP) is 2.21. The highest BCUT2D eigenvalue weighted by molar-refractivity contribution is 7.90. The fraction of sp³-hybridized carbons (Fsp3) is 0.316. The Bertz CT molecular complexity index is 843. The summed E-state index contributed by atoms with van der Waals surface area (Å²) in [5.41, 5.74) is 8.43. The van der Waals surface area contributed by atoms with Gasteiger partial charge in [0.2, 0.25) is 5.91 Å². The van der Waals surface area contributed by atoms with Crippen LogP contribution in [0.25, 0.3) is 0 Å². The van der Waals surface area contributed by atoms with Crippen LogP contribution in [0, 0.1) is 0 Å². The normalized spacial score (nSPS) is 13.9. The van der Waals surface area contributed by atoms with Crippen LogP contribution in [-0.4, -0.2) is 26.6 Å². The molecule has 134 valence electrons. The van der Waals surface area contributed by atoms with Crippen LogP contribution in [0.5, 0.6) is 0 Å². The molecule has 2 rings (SSSR count). The summed E-state index contributed by atoms with van der Waals surface area (Å²) >= 11 is 0. The lowest BCUT2D eigenvalue weighted by Crippen LogP contribution is -2.40. The van der Waals surface area contributed by atoms with Gasteiger partial charge in [-0.2, -0.15) is 0 Å². The van der Waals surface area contributed by atoms with Crippen molar-refractivity contribution in [2.75, 3.05) is 6.26 Å². The average molecular weight is 360 g/mol. The lowest BCUT2D eigenvalue weighted by molar-refractivity contribution is -0.122. The van der Waals surface area contributed by atoms with E-state index >= 15 is 0 Å². The second-order valence-electron chi connectivity index (χ2n) is 6.17. The number of benzene rings is 2. The molecule has 0 aliphatic carbocycles. The first-order valence-electron chi connectivity index (χ1n) is 8.17. The van der Waals surface area contributed by atoms with Gasteiger partial charge in [-0.1, -0.05) is 43.3 Å². The standard InChI is InChI=1S/C19H24N2O3S/c1-4-14-8-10-15(11-9-14)18(21-19(22)13(2)20)16-6-5-7-17(12-16)25(3,23)24/h5-13,18H,4,20H2,1-3H3,(H,21,22)/t13-,18?/m1/s1. The molecule has 0 aliphatic heterocycles. The summed E-state index contributed by atoms with van der Waals surface area (Å²) in [6.07, 6.45) is 2.08. The summed E-state index contributed by atoms with van der Waals surface area (Å²) < 4.78 is 23.7. The number of hydrogen-bond acceptors (Lipinski definition) is 4. The van der Waals surface area contributed by atoms with E-state index in [0.717, 1.165) is 18.2 Å². The number of nitrogens with two attached hydrogens (primary N) is 1.